The number of carboxylic acids is 1. The van der Waals surface area contributed by atoms with E-state index < -0.39 is 17.4 Å². The van der Waals surface area contributed by atoms with Gasteiger partial charge in [0.1, 0.15) is 9.88 Å². The van der Waals surface area contributed by atoms with E-state index in [2.05, 4.69) is 10.3 Å². The minimum atomic E-state index is -1.37. The minimum absolute atomic E-state index is 0.0318. The number of carbonyl (C=O) groups excluding carboxylic acids is 1. The lowest BCUT2D eigenvalue weighted by Crippen LogP contribution is -2.55. The Labute approximate surface area is 147 Å². The van der Waals surface area contributed by atoms with Gasteiger partial charge in [0.15, 0.2) is 5.54 Å². The van der Waals surface area contributed by atoms with E-state index in [1.807, 2.05) is 12.1 Å². The Morgan fingerprint density at radius 3 is 2.67 bits per heavy atom. The summed E-state index contributed by atoms with van der Waals surface area (Å²) >= 11 is 7.10. The van der Waals surface area contributed by atoms with Gasteiger partial charge >= 0.3 is 5.97 Å². The van der Waals surface area contributed by atoms with Gasteiger partial charge in [-0.2, -0.15) is 0 Å². The predicted octanol–water partition coefficient (Wildman–Crippen LogP) is 2.75. The molecular formula is C16H15ClN2O4S. The molecule has 1 fully saturated rings. The van der Waals surface area contributed by atoms with E-state index in [9.17, 15) is 14.7 Å². The third-order valence-corrected chi connectivity index (χ3v) is 5.34. The van der Waals surface area contributed by atoms with Crippen molar-refractivity contribution in [3.63, 3.8) is 0 Å². The fraction of sp³-hybridized carbons (Fsp3) is 0.312. The highest BCUT2D eigenvalue weighted by atomic mass is 35.5. The van der Waals surface area contributed by atoms with Crippen LogP contribution >= 0.6 is 22.9 Å². The van der Waals surface area contributed by atoms with Gasteiger partial charge < -0.3 is 15.2 Å². The topological polar surface area (TPSA) is 88.5 Å². The molecule has 2 N–H and O–H groups in total. The number of thiazole rings is 1. The van der Waals surface area contributed by atoms with Crippen molar-refractivity contribution in [1.29, 1.82) is 0 Å². The first kappa shape index (κ1) is 16.9. The molecule has 1 amide bonds. The van der Waals surface area contributed by atoms with Crippen LogP contribution in [-0.2, 0) is 9.53 Å². The first-order valence-corrected chi connectivity index (χ1v) is 8.48. The second kappa shape index (κ2) is 6.51. The fourth-order valence-corrected chi connectivity index (χ4v) is 3.58. The Morgan fingerprint density at radius 2 is 2.08 bits per heavy atom. The Balaban J connectivity index is 1.85. The molecule has 1 unspecified atom stereocenters. The number of nitrogens with zero attached hydrogens (tertiary/aromatic N) is 1. The number of halogens is 1. The number of hydrogen-bond donors (Lipinski definition) is 2. The predicted molar refractivity (Wildman–Crippen MR) is 90.6 cm³/mol. The van der Waals surface area contributed by atoms with Crippen LogP contribution in [0.1, 0.15) is 21.8 Å². The second-order valence-electron chi connectivity index (χ2n) is 5.58. The number of ether oxygens (including phenoxy) is 1. The number of rotatable bonds is 4. The Morgan fingerprint density at radius 1 is 1.38 bits per heavy atom. The van der Waals surface area contributed by atoms with Crippen LogP contribution in [0.2, 0.25) is 5.02 Å². The molecule has 1 aromatic carbocycles. The summed E-state index contributed by atoms with van der Waals surface area (Å²) in [6.07, 6.45) is 0.246. The largest absolute Gasteiger partial charge is 0.479 e. The summed E-state index contributed by atoms with van der Waals surface area (Å²) in [6.45, 7) is 2.00. The van der Waals surface area contributed by atoms with Crippen LogP contribution in [0.25, 0.3) is 10.6 Å². The molecule has 0 saturated carbocycles. The smallest absolute Gasteiger partial charge is 0.331 e. The lowest BCUT2D eigenvalue weighted by atomic mass is 9.99. The molecule has 0 spiro atoms. The van der Waals surface area contributed by atoms with Crippen molar-refractivity contribution < 1.29 is 19.4 Å². The monoisotopic (exact) mass is 366 g/mol. The highest BCUT2D eigenvalue weighted by Gasteiger charge is 2.44. The van der Waals surface area contributed by atoms with E-state index in [0.29, 0.717) is 27.2 Å². The zero-order valence-electron chi connectivity index (χ0n) is 12.8. The molecule has 2 aromatic rings. The number of aromatic nitrogens is 1. The van der Waals surface area contributed by atoms with Crippen LogP contribution in [0.3, 0.4) is 0 Å². The summed E-state index contributed by atoms with van der Waals surface area (Å²) in [4.78, 5) is 28.9. The van der Waals surface area contributed by atoms with Crippen molar-refractivity contribution in [2.24, 2.45) is 0 Å². The molecule has 0 radical (unpaired) electrons. The molecule has 1 aliphatic rings. The number of nitrogens with one attached hydrogen (secondary N) is 1. The Hall–Kier alpha value is -1.96. The van der Waals surface area contributed by atoms with Crippen molar-refractivity contribution in [2.45, 2.75) is 18.9 Å². The van der Waals surface area contributed by atoms with Crippen molar-refractivity contribution in [2.75, 3.05) is 13.2 Å². The van der Waals surface area contributed by atoms with Crippen molar-refractivity contribution >= 4 is 34.8 Å². The molecule has 1 atom stereocenters. The van der Waals surface area contributed by atoms with E-state index in [-0.39, 0.29) is 13.0 Å². The number of hydrogen-bond acceptors (Lipinski definition) is 5. The lowest BCUT2D eigenvalue weighted by molar-refractivity contribution is -0.144. The summed E-state index contributed by atoms with van der Waals surface area (Å²) in [5.41, 5.74) is 0.0409. The summed E-state index contributed by atoms with van der Waals surface area (Å²) < 4.78 is 5.15. The number of benzene rings is 1. The van der Waals surface area contributed by atoms with Gasteiger partial charge in [0.2, 0.25) is 0 Å². The van der Waals surface area contributed by atoms with Gasteiger partial charge in [-0.05, 0) is 19.1 Å². The van der Waals surface area contributed by atoms with Crippen LogP contribution in [0.4, 0.5) is 0 Å². The molecule has 0 bridgehead atoms. The third-order valence-electron chi connectivity index (χ3n) is 3.88. The van der Waals surface area contributed by atoms with Crippen LogP contribution in [0, 0.1) is 6.92 Å². The molecule has 1 saturated heterocycles. The Bertz CT molecular complexity index is 782. The van der Waals surface area contributed by atoms with Gasteiger partial charge in [-0.15, -0.1) is 11.3 Å². The van der Waals surface area contributed by atoms with E-state index in [4.69, 9.17) is 16.3 Å². The van der Waals surface area contributed by atoms with E-state index in [0.717, 1.165) is 5.56 Å². The number of amides is 1. The molecule has 2 heterocycles. The zero-order valence-corrected chi connectivity index (χ0v) is 14.4. The number of carboxylic acid groups (broad SMARTS) is 1. The van der Waals surface area contributed by atoms with Crippen LogP contribution in [0.5, 0.6) is 0 Å². The SMILES string of the molecule is Cc1nc(-c2ccc(Cl)cc2)sc1C(=O)NC1(C(=O)O)CCOC1. The van der Waals surface area contributed by atoms with E-state index >= 15 is 0 Å². The normalized spacial score (nSPS) is 20.1. The first-order valence-electron chi connectivity index (χ1n) is 7.28. The Kier molecular flexibility index (Phi) is 4.58. The van der Waals surface area contributed by atoms with Gasteiger partial charge in [-0.25, -0.2) is 9.78 Å². The van der Waals surface area contributed by atoms with Gasteiger partial charge in [-0.3, -0.25) is 4.79 Å². The molecule has 126 valence electrons. The van der Waals surface area contributed by atoms with Crippen molar-refractivity contribution in [3.8, 4) is 10.6 Å². The number of aliphatic carboxylic acids is 1. The molecule has 0 aliphatic carbocycles. The summed E-state index contributed by atoms with van der Waals surface area (Å²) in [6, 6.07) is 7.16. The molecule has 8 heteroatoms. The van der Waals surface area contributed by atoms with Crippen molar-refractivity contribution in [3.05, 3.63) is 39.9 Å². The average Bonchev–Trinajstić information content (AvgIpc) is 3.16. The van der Waals surface area contributed by atoms with Crippen LogP contribution in [0.15, 0.2) is 24.3 Å². The molecule has 1 aromatic heterocycles. The highest BCUT2D eigenvalue weighted by Crippen LogP contribution is 2.29. The second-order valence-corrected chi connectivity index (χ2v) is 7.02. The minimum Gasteiger partial charge on any atom is -0.479 e. The standard InChI is InChI=1S/C16H15ClN2O4S/c1-9-12(13(20)19-16(15(21)22)6-7-23-8-16)24-14(18-9)10-2-4-11(17)5-3-10/h2-5H,6-8H2,1H3,(H,19,20)(H,21,22). The van der Waals surface area contributed by atoms with E-state index in [1.165, 1.54) is 11.3 Å². The third kappa shape index (κ3) is 3.15. The lowest BCUT2D eigenvalue weighted by Gasteiger charge is -2.23. The quantitative estimate of drug-likeness (QED) is 0.868. The number of aryl methyl sites for hydroxylation is 1. The van der Waals surface area contributed by atoms with Gasteiger partial charge in [0.25, 0.3) is 5.91 Å². The zero-order chi connectivity index (χ0) is 17.3. The molecule has 6 nitrogen and oxygen atoms in total. The van der Waals surface area contributed by atoms with Gasteiger partial charge in [-0.1, -0.05) is 23.7 Å². The van der Waals surface area contributed by atoms with Crippen molar-refractivity contribution in [1.82, 2.24) is 10.3 Å². The first-order chi connectivity index (χ1) is 11.4. The molecule has 1 aliphatic heterocycles. The summed E-state index contributed by atoms with van der Waals surface area (Å²) in [5, 5.41) is 13.3. The van der Waals surface area contributed by atoms with Crippen LogP contribution < -0.4 is 5.32 Å². The summed E-state index contributed by atoms with van der Waals surface area (Å²) in [7, 11) is 0. The molecule has 3 rings (SSSR count). The van der Waals surface area contributed by atoms with Crippen LogP contribution in [-0.4, -0.2) is 40.7 Å². The summed E-state index contributed by atoms with van der Waals surface area (Å²) in [5.74, 6) is -1.54. The fourth-order valence-electron chi connectivity index (χ4n) is 2.48. The average molecular weight is 367 g/mol. The highest BCUT2D eigenvalue weighted by molar-refractivity contribution is 7.17. The maximum absolute atomic E-state index is 12.5. The van der Waals surface area contributed by atoms with Gasteiger partial charge in [0, 0.05) is 23.6 Å². The molecule has 24 heavy (non-hydrogen) atoms. The van der Waals surface area contributed by atoms with E-state index in [1.54, 1.807) is 19.1 Å². The number of carbonyl (C=O) groups is 2. The maximum Gasteiger partial charge on any atom is 0.331 e. The molecular weight excluding hydrogens is 352 g/mol. The maximum atomic E-state index is 12.5. The van der Waals surface area contributed by atoms with Gasteiger partial charge in [0.05, 0.1) is 12.3 Å².